The molecule has 8 aromatic carbocycles. The second-order valence-electron chi connectivity index (χ2n) is 17.0. The molecular formula is C62H38N6S. The number of nitrogens with zero attached hydrogens (tertiary/aromatic N) is 6. The quantitative estimate of drug-likeness (QED) is 0.141. The van der Waals surface area contributed by atoms with Gasteiger partial charge in [0.05, 0.1) is 43.6 Å². The highest BCUT2D eigenvalue weighted by atomic mass is 32.1. The van der Waals surface area contributed by atoms with Crippen LogP contribution in [0, 0.1) is 0 Å². The van der Waals surface area contributed by atoms with Crippen LogP contribution >= 0.6 is 11.3 Å². The van der Waals surface area contributed by atoms with Gasteiger partial charge in [0.15, 0.2) is 11.6 Å². The van der Waals surface area contributed by atoms with Crippen LogP contribution in [0.15, 0.2) is 231 Å². The molecule has 0 atom stereocenters. The summed E-state index contributed by atoms with van der Waals surface area (Å²) >= 11 is 1.67. The van der Waals surface area contributed by atoms with Crippen molar-refractivity contribution in [1.29, 1.82) is 0 Å². The van der Waals surface area contributed by atoms with Gasteiger partial charge >= 0.3 is 0 Å². The molecule has 0 saturated carbocycles. The maximum absolute atomic E-state index is 5.42. The zero-order valence-electron chi connectivity index (χ0n) is 37.0. The molecule has 0 fully saturated rings. The maximum atomic E-state index is 5.42. The van der Waals surface area contributed by atoms with Gasteiger partial charge in [-0.25, -0.2) is 29.9 Å². The van der Waals surface area contributed by atoms with E-state index in [1.807, 2.05) is 48.5 Å². The molecule has 0 unspecified atom stereocenters. The zero-order valence-corrected chi connectivity index (χ0v) is 37.8. The van der Waals surface area contributed by atoms with Crippen LogP contribution in [0.1, 0.15) is 0 Å². The fourth-order valence-corrected chi connectivity index (χ4v) is 10.4. The number of hydrogen-bond acceptors (Lipinski definition) is 7. The summed E-state index contributed by atoms with van der Waals surface area (Å²) in [7, 11) is 0. The Morgan fingerprint density at radius 2 is 0.551 bits per heavy atom. The smallest absolute Gasteiger partial charge is 0.160 e. The number of rotatable bonds is 8. The van der Waals surface area contributed by atoms with Crippen molar-refractivity contribution in [3.8, 4) is 88.7 Å². The Bertz CT molecular complexity index is 3770. The lowest BCUT2D eigenvalue weighted by atomic mass is 9.96. The Labute approximate surface area is 402 Å². The Kier molecular flexibility index (Phi) is 9.91. The van der Waals surface area contributed by atoms with Gasteiger partial charge in [0.2, 0.25) is 0 Å². The average molecular weight is 899 g/mol. The molecule has 7 heteroatoms. The van der Waals surface area contributed by atoms with Crippen LogP contribution in [-0.4, -0.2) is 29.9 Å². The molecule has 69 heavy (non-hydrogen) atoms. The van der Waals surface area contributed by atoms with E-state index >= 15 is 0 Å². The molecule has 6 nitrogen and oxygen atoms in total. The van der Waals surface area contributed by atoms with E-state index in [0.717, 1.165) is 121 Å². The highest BCUT2D eigenvalue weighted by Gasteiger charge is 2.22. The first kappa shape index (κ1) is 40.3. The second-order valence-corrected chi connectivity index (χ2v) is 18.1. The van der Waals surface area contributed by atoms with Crippen molar-refractivity contribution in [3.05, 3.63) is 231 Å². The molecule has 5 aromatic heterocycles. The molecule has 0 spiro atoms. The summed E-state index contributed by atoms with van der Waals surface area (Å²) in [6.07, 6.45) is 0. The minimum atomic E-state index is 0.633. The molecule has 0 aliphatic heterocycles. The number of aromatic nitrogens is 6. The van der Waals surface area contributed by atoms with Crippen molar-refractivity contribution >= 4 is 54.9 Å². The molecule has 13 aromatic rings. The molecule has 13 rings (SSSR count). The van der Waals surface area contributed by atoms with Crippen molar-refractivity contribution in [1.82, 2.24) is 29.9 Å². The monoisotopic (exact) mass is 898 g/mol. The number of benzene rings is 8. The Morgan fingerprint density at radius 3 is 0.913 bits per heavy atom. The molecule has 0 bridgehead atoms. The molecule has 0 aliphatic rings. The van der Waals surface area contributed by atoms with E-state index in [1.54, 1.807) is 11.3 Å². The van der Waals surface area contributed by atoms with Crippen molar-refractivity contribution in [3.63, 3.8) is 0 Å². The van der Waals surface area contributed by atoms with Crippen LogP contribution < -0.4 is 0 Å². The van der Waals surface area contributed by atoms with Gasteiger partial charge in [-0.15, -0.1) is 11.3 Å². The summed E-state index contributed by atoms with van der Waals surface area (Å²) in [5, 5.41) is 3.89. The predicted molar refractivity (Wildman–Crippen MR) is 285 cm³/mol. The highest BCUT2D eigenvalue weighted by molar-refractivity contribution is 7.19. The lowest BCUT2D eigenvalue weighted by Crippen LogP contribution is -1.98. The molecule has 5 heterocycles. The topological polar surface area (TPSA) is 77.3 Å². The van der Waals surface area contributed by atoms with Crippen molar-refractivity contribution < 1.29 is 0 Å². The van der Waals surface area contributed by atoms with Crippen LogP contribution in [0.3, 0.4) is 0 Å². The van der Waals surface area contributed by atoms with Gasteiger partial charge in [0.25, 0.3) is 0 Å². The molecule has 0 saturated heterocycles. The Morgan fingerprint density at radius 1 is 0.246 bits per heavy atom. The largest absolute Gasteiger partial charge is 0.245 e. The first-order valence-corrected chi connectivity index (χ1v) is 23.8. The fraction of sp³-hybridized carbons (Fsp3) is 0. The molecule has 322 valence electrons. The zero-order chi connectivity index (χ0) is 45.7. The average Bonchev–Trinajstić information content (AvgIpc) is 3.93. The van der Waals surface area contributed by atoms with E-state index in [9.17, 15) is 0 Å². The lowest BCUT2D eigenvalue weighted by molar-refractivity contribution is 1.23. The van der Waals surface area contributed by atoms with Gasteiger partial charge in [0.1, 0.15) is 11.0 Å². The first-order chi connectivity index (χ1) is 34.2. The van der Waals surface area contributed by atoms with Gasteiger partial charge in [-0.3, -0.25) is 0 Å². The van der Waals surface area contributed by atoms with Crippen molar-refractivity contribution in [2.24, 2.45) is 0 Å². The van der Waals surface area contributed by atoms with E-state index in [1.165, 1.54) is 0 Å². The predicted octanol–water partition coefficient (Wildman–Crippen LogP) is 16.1. The number of thiophene rings is 1. The SMILES string of the molecule is c1ccc(-c2cc(-c3ccccc3)c3ccc4c(-c5ccc(-c6nc(-c7ccccc7)nc7c6ccc6c(-c8ccccc8)cc(-c8ccccc8)nc67)s5)nc(-c5ccccc5)nc4c3n2)cc1. The summed E-state index contributed by atoms with van der Waals surface area (Å²) in [6.45, 7) is 0. The summed E-state index contributed by atoms with van der Waals surface area (Å²) in [5.41, 5.74) is 15.0. The minimum absolute atomic E-state index is 0.633. The first-order valence-electron chi connectivity index (χ1n) is 22.9. The van der Waals surface area contributed by atoms with E-state index < -0.39 is 0 Å². The Hall–Kier alpha value is -9.04. The summed E-state index contributed by atoms with van der Waals surface area (Å²) in [6, 6.07) is 79.7. The molecule has 0 N–H and O–H groups in total. The minimum Gasteiger partial charge on any atom is -0.245 e. The van der Waals surface area contributed by atoms with Crippen LogP contribution in [0.5, 0.6) is 0 Å². The fourth-order valence-electron chi connectivity index (χ4n) is 9.38. The third-order valence-electron chi connectivity index (χ3n) is 12.7. The van der Waals surface area contributed by atoms with E-state index in [0.29, 0.717) is 11.6 Å². The summed E-state index contributed by atoms with van der Waals surface area (Å²) in [5.74, 6) is 1.27. The van der Waals surface area contributed by atoms with Gasteiger partial charge < -0.3 is 0 Å². The van der Waals surface area contributed by atoms with E-state index in [-0.39, 0.29) is 0 Å². The van der Waals surface area contributed by atoms with Gasteiger partial charge in [-0.2, -0.15) is 0 Å². The molecular weight excluding hydrogens is 861 g/mol. The standard InChI is InChI=1S/C62H38N6S/c1-7-19-39(20-8-1)49-37-51(41-23-11-3-12-24-41)63-57-45(49)31-33-47-55(65-61(67-59(47)57)43-27-15-5-16-28-43)53-35-36-54(69-53)56-48-34-32-46-50(40-21-9-2-10-22-40)38-52(42-25-13-4-14-26-42)64-58(46)60(48)68-62(66-56)44-29-17-6-18-30-44/h1-38H. The van der Waals surface area contributed by atoms with Crippen LogP contribution in [0.2, 0.25) is 0 Å². The van der Waals surface area contributed by atoms with E-state index in [4.69, 9.17) is 29.9 Å². The Balaban J connectivity index is 1.05. The van der Waals surface area contributed by atoms with Gasteiger partial charge in [0, 0.05) is 43.8 Å². The third kappa shape index (κ3) is 7.29. The van der Waals surface area contributed by atoms with Crippen molar-refractivity contribution in [2.45, 2.75) is 0 Å². The van der Waals surface area contributed by atoms with Crippen LogP contribution in [0.4, 0.5) is 0 Å². The van der Waals surface area contributed by atoms with Crippen molar-refractivity contribution in [2.75, 3.05) is 0 Å². The molecule has 0 aliphatic carbocycles. The highest BCUT2D eigenvalue weighted by Crippen LogP contribution is 2.44. The third-order valence-corrected chi connectivity index (χ3v) is 13.8. The van der Waals surface area contributed by atoms with Crippen LogP contribution in [-0.2, 0) is 0 Å². The van der Waals surface area contributed by atoms with Gasteiger partial charge in [-0.1, -0.05) is 194 Å². The summed E-state index contributed by atoms with van der Waals surface area (Å²) in [4.78, 5) is 34.3. The number of hydrogen-bond donors (Lipinski definition) is 0. The second kappa shape index (κ2) is 17.0. The lowest BCUT2D eigenvalue weighted by Gasteiger charge is -2.14. The number of pyridine rings is 2. The molecule has 0 radical (unpaired) electrons. The maximum Gasteiger partial charge on any atom is 0.160 e. The summed E-state index contributed by atoms with van der Waals surface area (Å²) < 4.78 is 0. The van der Waals surface area contributed by atoms with Crippen LogP contribution in [0.25, 0.3) is 132 Å². The number of fused-ring (bicyclic) bond motifs is 6. The van der Waals surface area contributed by atoms with E-state index in [2.05, 4.69) is 182 Å². The normalized spacial score (nSPS) is 11.5. The van der Waals surface area contributed by atoms with Gasteiger partial charge in [-0.05, 0) is 58.7 Å². The molecule has 0 amide bonds.